The first-order valence-electron chi connectivity index (χ1n) is 6.16. The zero-order valence-electron chi connectivity index (χ0n) is 10.4. The molecule has 1 fully saturated rings. The molecule has 0 aliphatic carbocycles. The SMILES string of the molecule is CCc1nc(N2CCC(C)CC2)sc1C(N)=S. The van der Waals surface area contributed by atoms with E-state index >= 15 is 0 Å². The molecule has 17 heavy (non-hydrogen) atoms. The minimum absolute atomic E-state index is 0.482. The Morgan fingerprint density at radius 3 is 2.65 bits per heavy atom. The van der Waals surface area contributed by atoms with Crippen molar-refractivity contribution in [2.24, 2.45) is 11.7 Å². The molecule has 5 heteroatoms. The fourth-order valence-corrected chi connectivity index (χ4v) is 3.41. The van der Waals surface area contributed by atoms with E-state index in [9.17, 15) is 0 Å². The number of nitrogens with two attached hydrogens (primary N) is 1. The average Bonchev–Trinajstić information content (AvgIpc) is 2.74. The Morgan fingerprint density at radius 2 is 2.18 bits per heavy atom. The maximum absolute atomic E-state index is 5.74. The summed E-state index contributed by atoms with van der Waals surface area (Å²) in [7, 11) is 0. The normalized spacial score (nSPS) is 17.4. The van der Waals surface area contributed by atoms with E-state index in [0.29, 0.717) is 4.99 Å². The van der Waals surface area contributed by atoms with Gasteiger partial charge in [0.1, 0.15) is 4.99 Å². The Bertz CT molecular complexity index is 406. The smallest absolute Gasteiger partial charge is 0.186 e. The highest BCUT2D eigenvalue weighted by Crippen LogP contribution is 2.29. The van der Waals surface area contributed by atoms with Gasteiger partial charge in [0.25, 0.3) is 0 Å². The van der Waals surface area contributed by atoms with Crippen molar-refractivity contribution in [3.05, 3.63) is 10.6 Å². The minimum atomic E-state index is 0.482. The van der Waals surface area contributed by atoms with E-state index in [-0.39, 0.29) is 0 Å². The Balaban J connectivity index is 2.19. The van der Waals surface area contributed by atoms with Gasteiger partial charge in [0.2, 0.25) is 0 Å². The largest absolute Gasteiger partial charge is 0.389 e. The van der Waals surface area contributed by atoms with E-state index in [1.807, 2.05) is 0 Å². The van der Waals surface area contributed by atoms with E-state index in [4.69, 9.17) is 18.0 Å². The van der Waals surface area contributed by atoms with Crippen molar-refractivity contribution in [1.82, 2.24) is 4.98 Å². The first-order chi connectivity index (χ1) is 8.11. The standard InChI is InChI=1S/C12H19N3S2/c1-3-9-10(11(13)16)17-12(14-9)15-6-4-8(2)5-7-15/h8H,3-7H2,1-2H3,(H2,13,16). The first kappa shape index (κ1) is 12.8. The maximum Gasteiger partial charge on any atom is 0.186 e. The van der Waals surface area contributed by atoms with Crippen LogP contribution in [0.1, 0.15) is 37.3 Å². The lowest BCUT2D eigenvalue weighted by molar-refractivity contribution is 0.438. The minimum Gasteiger partial charge on any atom is -0.389 e. The maximum atomic E-state index is 5.74. The summed E-state index contributed by atoms with van der Waals surface area (Å²) < 4.78 is 0. The summed E-state index contributed by atoms with van der Waals surface area (Å²) in [4.78, 5) is 8.52. The van der Waals surface area contributed by atoms with Crippen molar-refractivity contribution >= 4 is 33.7 Å². The molecule has 2 N–H and O–H groups in total. The number of anilines is 1. The zero-order chi connectivity index (χ0) is 12.4. The Hall–Kier alpha value is -0.680. The van der Waals surface area contributed by atoms with Crippen molar-refractivity contribution in [1.29, 1.82) is 0 Å². The van der Waals surface area contributed by atoms with E-state index < -0.39 is 0 Å². The molecule has 1 aliphatic heterocycles. The predicted octanol–water partition coefficient (Wildman–Crippen LogP) is 2.58. The van der Waals surface area contributed by atoms with Gasteiger partial charge >= 0.3 is 0 Å². The summed E-state index contributed by atoms with van der Waals surface area (Å²) in [6, 6.07) is 0. The molecule has 3 nitrogen and oxygen atoms in total. The highest BCUT2D eigenvalue weighted by molar-refractivity contribution is 7.81. The van der Waals surface area contributed by atoms with Crippen LogP contribution < -0.4 is 10.6 Å². The molecule has 0 aromatic carbocycles. The topological polar surface area (TPSA) is 42.2 Å². The number of piperidine rings is 1. The van der Waals surface area contributed by atoms with E-state index in [1.54, 1.807) is 11.3 Å². The van der Waals surface area contributed by atoms with E-state index in [1.165, 1.54) is 12.8 Å². The van der Waals surface area contributed by atoms with Gasteiger partial charge in [-0.25, -0.2) is 4.98 Å². The lowest BCUT2D eigenvalue weighted by Crippen LogP contribution is -2.32. The van der Waals surface area contributed by atoms with Crippen LogP contribution in [0, 0.1) is 5.92 Å². The summed E-state index contributed by atoms with van der Waals surface area (Å²) in [6.45, 7) is 6.62. The third-order valence-corrected chi connectivity index (χ3v) is 4.82. The molecule has 0 spiro atoms. The van der Waals surface area contributed by atoms with Gasteiger partial charge in [-0.05, 0) is 25.2 Å². The van der Waals surface area contributed by atoms with Crippen LogP contribution >= 0.6 is 23.6 Å². The van der Waals surface area contributed by atoms with Crippen LogP contribution in [0.4, 0.5) is 5.13 Å². The molecular weight excluding hydrogens is 250 g/mol. The molecule has 1 saturated heterocycles. The summed E-state index contributed by atoms with van der Waals surface area (Å²) in [6.07, 6.45) is 3.40. The fraction of sp³-hybridized carbons (Fsp3) is 0.667. The molecule has 2 rings (SSSR count). The summed E-state index contributed by atoms with van der Waals surface area (Å²) >= 11 is 6.73. The van der Waals surface area contributed by atoms with Crippen LogP contribution in [0.2, 0.25) is 0 Å². The molecule has 2 heterocycles. The second-order valence-electron chi connectivity index (χ2n) is 4.66. The van der Waals surface area contributed by atoms with Gasteiger partial charge in [-0.3, -0.25) is 0 Å². The van der Waals surface area contributed by atoms with Gasteiger partial charge in [-0.1, -0.05) is 37.4 Å². The second kappa shape index (κ2) is 5.31. The lowest BCUT2D eigenvalue weighted by atomic mass is 10.00. The van der Waals surface area contributed by atoms with Crippen LogP contribution in [-0.2, 0) is 6.42 Å². The van der Waals surface area contributed by atoms with Gasteiger partial charge in [-0.2, -0.15) is 0 Å². The van der Waals surface area contributed by atoms with E-state index in [0.717, 1.165) is 41.1 Å². The van der Waals surface area contributed by atoms with Crippen molar-refractivity contribution < 1.29 is 0 Å². The third-order valence-electron chi connectivity index (χ3n) is 3.30. The van der Waals surface area contributed by atoms with Gasteiger partial charge < -0.3 is 10.6 Å². The lowest BCUT2D eigenvalue weighted by Gasteiger charge is -2.29. The quantitative estimate of drug-likeness (QED) is 0.856. The fourth-order valence-electron chi connectivity index (χ4n) is 2.11. The molecule has 1 aromatic rings. The second-order valence-corrected chi connectivity index (χ2v) is 6.08. The van der Waals surface area contributed by atoms with Crippen LogP contribution in [0.3, 0.4) is 0 Å². The Kier molecular flexibility index (Phi) is 3.99. The molecule has 94 valence electrons. The summed E-state index contributed by atoms with van der Waals surface area (Å²) in [5.41, 5.74) is 6.79. The Labute approximate surface area is 112 Å². The number of hydrogen-bond donors (Lipinski definition) is 1. The molecule has 0 radical (unpaired) electrons. The molecule has 0 atom stereocenters. The van der Waals surface area contributed by atoms with Gasteiger partial charge in [0.15, 0.2) is 5.13 Å². The van der Waals surface area contributed by atoms with Gasteiger partial charge in [0.05, 0.1) is 10.6 Å². The molecule has 0 saturated carbocycles. The van der Waals surface area contributed by atoms with Crippen molar-refractivity contribution in [3.8, 4) is 0 Å². The average molecular weight is 269 g/mol. The summed E-state index contributed by atoms with van der Waals surface area (Å²) in [5, 5.41) is 1.09. The van der Waals surface area contributed by atoms with Crippen LogP contribution in [0.5, 0.6) is 0 Å². The van der Waals surface area contributed by atoms with Crippen LogP contribution in [0.15, 0.2) is 0 Å². The van der Waals surface area contributed by atoms with Crippen LogP contribution in [0.25, 0.3) is 0 Å². The van der Waals surface area contributed by atoms with E-state index in [2.05, 4.69) is 23.7 Å². The predicted molar refractivity (Wildman–Crippen MR) is 78.0 cm³/mol. The third kappa shape index (κ3) is 2.77. The number of thiocarbonyl (C=S) groups is 1. The molecule has 0 unspecified atom stereocenters. The molecule has 0 bridgehead atoms. The number of thiazole rings is 1. The molecule has 1 aliphatic rings. The monoisotopic (exact) mass is 269 g/mol. The molecule has 0 amide bonds. The van der Waals surface area contributed by atoms with Crippen molar-refractivity contribution in [2.75, 3.05) is 18.0 Å². The highest BCUT2D eigenvalue weighted by atomic mass is 32.1. The summed E-state index contributed by atoms with van der Waals surface area (Å²) in [5.74, 6) is 0.840. The van der Waals surface area contributed by atoms with Gasteiger partial charge in [0, 0.05) is 13.1 Å². The van der Waals surface area contributed by atoms with Crippen molar-refractivity contribution in [2.45, 2.75) is 33.1 Å². The van der Waals surface area contributed by atoms with Gasteiger partial charge in [-0.15, -0.1) is 0 Å². The first-order valence-corrected chi connectivity index (χ1v) is 7.38. The molecular formula is C12H19N3S2. The Morgan fingerprint density at radius 1 is 1.53 bits per heavy atom. The number of aryl methyl sites for hydroxylation is 1. The number of hydrogen-bond acceptors (Lipinski definition) is 4. The van der Waals surface area contributed by atoms with Crippen molar-refractivity contribution in [3.63, 3.8) is 0 Å². The number of nitrogens with zero attached hydrogens (tertiary/aromatic N) is 2. The highest BCUT2D eigenvalue weighted by Gasteiger charge is 2.20. The zero-order valence-corrected chi connectivity index (χ0v) is 12.0. The number of aromatic nitrogens is 1. The molecule has 1 aromatic heterocycles. The van der Waals surface area contributed by atoms with Crippen LogP contribution in [-0.4, -0.2) is 23.1 Å². The number of rotatable bonds is 3.